The topological polar surface area (TPSA) is 98.5 Å². The highest BCUT2D eigenvalue weighted by Crippen LogP contribution is 2.52. The molecule has 2 atom stereocenters. The Bertz CT molecular complexity index is 1030. The molecule has 1 aliphatic carbocycles. The number of benzene rings is 2. The van der Waals surface area contributed by atoms with Crippen molar-refractivity contribution in [1.29, 1.82) is 0 Å². The number of allylic oxidation sites excluding steroid dienone is 1. The zero-order chi connectivity index (χ0) is 21.3. The molecule has 4 rings (SSSR count). The van der Waals surface area contributed by atoms with E-state index >= 15 is 0 Å². The minimum absolute atomic E-state index is 0.0709. The molecular formula is C23H22N2O5. The lowest BCUT2D eigenvalue weighted by atomic mass is 9.75. The summed E-state index contributed by atoms with van der Waals surface area (Å²) < 4.78 is 5.32. The summed E-state index contributed by atoms with van der Waals surface area (Å²) in [6, 6.07) is 13.5. The number of carbonyl (C=O) groups is 2. The predicted molar refractivity (Wildman–Crippen MR) is 111 cm³/mol. The number of ether oxygens (including phenoxy) is 1. The number of nitro groups is 1. The van der Waals surface area contributed by atoms with Crippen LogP contribution in [0.3, 0.4) is 0 Å². The van der Waals surface area contributed by atoms with Crippen molar-refractivity contribution >= 4 is 23.3 Å². The van der Waals surface area contributed by atoms with Crippen LogP contribution in [0.25, 0.3) is 0 Å². The summed E-state index contributed by atoms with van der Waals surface area (Å²) in [4.78, 5) is 35.4. The van der Waals surface area contributed by atoms with E-state index in [1.54, 1.807) is 30.3 Å². The molecule has 1 heterocycles. The van der Waals surface area contributed by atoms with Crippen LogP contribution < -0.4 is 5.32 Å². The fourth-order valence-corrected chi connectivity index (χ4v) is 4.55. The zero-order valence-electron chi connectivity index (χ0n) is 16.4. The van der Waals surface area contributed by atoms with Crippen LogP contribution >= 0.6 is 0 Å². The van der Waals surface area contributed by atoms with Gasteiger partial charge in [0, 0.05) is 23.2 Å². The zero-order valence-corrected chi connectivity index (χ0v) is 16.4. The van der Waals surface area contributed by atoms with Crippen molar-refractivity contribution in [2.24, 2.45) is 11.3 Å². The van der Waals surface area contributed by atoms with Crippen LogP contribution in [-0.4, -0.2) is 23.4 Å². The van der Waals surface area contributed by atoms with Crippen LogP contribution in [0.2, 0.25) is 0 Å². The van der Waals surface area contributed by atoms with Crippen molar-refractivity contribution in [3.05, 3.63) is 81.9 Å². The number of cyclic esters (lactones) is 1. The number of hydrogen-bond acceptors (Lipinski definition) is 5. The summed E-state index contributed by atoms with van der Waals surface area (Å²) in [5.74, 6) is -0.298. The fourth-order valence-electron chi connectivity index (χ4n) is 4.55. The molecule has 2 aromatic rings. The van der Waals surface area contributed by atoms with E-state index in [2.05, 4.69) is 11.9 Å². The Labute approximate surface area is 173 Å². The van der Waals surface area contributed by atoms with Gasteiger partial charge in [-0.25, -0.2) is 0 Å². The smallest absolute Gasteiger partial charge is 0.313 e. The standard InChI is InChI=1S/C23H22N2O5/c1-15-10-18-14-30-22(27)23(18,12-15)13-16-6-8-19(9-7-16)24-21(26)11-17-4-2-3-5-20(17)25(28)29/h2-9,18H,1,10-14H2,(H,24,26). The Morgan fingerprint density at radius 2 is 1.97 bits per heavy atom. The first kappa shape index (κ1) is 19.8. The molecule has 7 nitrogen and oxygen atoms in total. The molecule has 0 aromatic heterocycles. The third-order valence-electron chi connectivity index (χ3n) is 6.00. The van der Waals surface area contributed by atoms with Crippen LogP contribution in [-0.2, 0) is 27.2 Å². The largest absolute Gasteiger partial charge is 0.465 e. The highest BCUT2D eigenvalue weighted by atomic mass is 16.6. The molecule has 0 radical (unpaired) electrons. The highest BCUT2D eigenvalue weighted by molar-refractivity contribution is 5.92. The monoisotopic (exact) mass is 406 g/mol. The molecule has 0 spiro atoms. The van der Waals surface area contributed by atoms with Gasteiger partial charge in [-0.1, -0.05) is 42.5 Å². The summed E-state index contributed by atoms with van der Waals surface area (Å²) in [6.45, 7) is 4.51. The van der Waals surface area contributed by atoms with Gasteiger partial charge < -0.3 is 10.1 Å². The van der Waals surface area contributed by atoms with Crippen molar-refractivity contribution in [1.82, 2.24) is 0 Å². The lowest BCUT2D eigenvalue weighted by Gasteiger charge is -2.24. The van der Waals surface area contributed by atoms with E-state index in [0.717, 1.165) is 17.6 Å². The SMILES string of the molecule is C=C1CC2COC(=O)C2(Cc2ccc(NC(=O)Cc3ccccc3[N+](=O)[O-])cc2)C1. The first-order valence-electron chi connectivity index (χ1n) is 9.82. The minimum atomic E-state index is -0.520. The van der Waals surface area contributed by atoms with Crippen LogP contribution in [0, 0.1) is 21.4 Å². The van der Waals surface area contributed by atoms with E-state index in [9.17, 15) is 19.7 Å². The van der Waals surface area contributed by atoms with Crippen molar-refractivity contribution in [2.75, 3.05) is 11.9 Å². The molecule has 1 saturated carbocycles. The first-order chi connectivity index (χ1) is 14.4. The second kappa shape index (κ2) is 7.74. The Balaban J connectivity index is 1.42. The number of para-hydroxylation sites is 1. The van der Waals surface area contributed by atoms with Gasteiger partial charge >= 0.3 is 5.97 Å². The Kier molecular flexibility index (Phi) is 5.11. The van der Waals surface area contributed by atoms with Gasteiger partial charge in [0.15, 0.2) is 0 Å². The number of amides is 1. The molecule has 1 aliphatic heterocycles. The predicted octanol–water partition coefficient (Wildman–Crippen LogP) is 3.83. The average molecular weight is 406 g/mol. The van der Waals surface area contributed by atoms with Gasteiger partial charge in [0.1, 0.15) is 0 Å². The number of esters is 1. The highest BCUT2D eigenvalue weighted by Gasteiger charge is 2.55. The van der Waals surface area contributed by atoms with Gasteiger partial charge in [-0.05, 0) is 37.0 Å². The Morgan fingerprint density at radius 1 is 1.23 bits per heavy atom. The number of rotatable bonds is 6. The van der Waals surface area contributed by atoms with Crippen molar-refractivity contribution in [3.63, 3.8) is 0 Å². The Morgan fingerprint density at radius 3 is 2.70 bits per heavy atom. The van der Waals surface area contributed by atoms with Gasteiger partial charge in [-0.3, -0.25) is 19.7 Å². The molecule has 154 valence electrons. The van der Waals surface area contributed by atoms with Gasteiger partial charge in [0.2, 0.25) is 5.91 Å². The first-order valence-corrected chi connectivity index (χ1v) is 9.82. The molecule has 2 fully saturated rings. The van der Waals surface area contributed by atoms with Crippen LogP contribution in [0.15, 0.2) is 60.7 Å². The molecule has 2 unspecified atom stereocenters. The van der Waals surface area contributed by atoms with Crippen LogP contribution in [0.1, 0.15) is 24.0 Å². The van der Waals surface area contributed by atoms with E-state index in [1.807, 2.05) is 12.1 Å². The fraction of sp³-hybridized carbons (Fsp3) is 0.304. The van der Waals surface area contributed by atoms with Gasteiger partial charge in [0.25, 0.3) is 5.69 Å². The number of carbonyl (C=O) groups excluding carboxylic acids is 2. The third kappa shape index (κ3) is 3.70. The molecule has 1 amide bonds. The van der Waals surface area contributed by atoms with E-state index in [0.29, 0.717) is 30.7 Å². The lowest BCUT2D eigenvalue weighted by Crippen LogP contribution is -2.31. The van der Waals surface area contributed by atoms with Gasteiger partial charge in [-0.2, -0.15) is 0 Å². The average Bonchev–Trinajstić information content (AvgIpc) is 3.17. The van der Waals surface area contributed by atoms with Crippen molar-refractivity contribution < 1.29 is 19.2 Å². The molecule has 7 heteroatoms. The number of nitro benzene ring substituents is 1. The van der Waals surface area contributed by atoms with Gasteiger partial charge in [-0.15, -0.1) is 0 Å². The summed E-state index contributed by atoms with van der Waals surface area (Å²) in [7, 11) is 0. The number of nitrogens with zero attached hydrogens (tertiary/aromatic N) is 1. The maximum absolute atomic E-state index is 12.4. The molecular weight excluding hydrogens is 384 g/mol. The van der Waals surface area contributed by atoms with E-state index in [1.165, 1.54) is 6.07 Å². The maximum atomic E-state index is 12.4. The second-order valence-electron chi connectivity index (χ2n) is 8.07. The van der Waals surface area contributed by atoms with Crippen molar-refractivity contribution in [2.45, 2.75) is 25.7 Å². The maximum Gasteiger partial charge on any atom is 0.313 e. The number of fused-ring (bicyclic) bond motifs is 1. The van der Waals surface area contributed by atoms with Crippen LogP contribution in [0.4, 0.5) is 11.4 Å². The summed E-state index contributed by atoms with van der Waals surface area (Å²) in [6.07, 6.45) is 1.98. The van der Waals surface area contributed by atoms with E-state index in [4.69, 9.17) is 4.74 Å². The molecule has 0 bridgehead atoms. The Hall–Kier alpha value is -3.48. The number of anilines is 1. The number of hydrogen-bond donors (Lipinski definition) is 1. The second-order valence-corrected chi connectivity index (χ2v) is 8.07. The molecule has 2 aromatic carbocycles. The third-order valence-corrected chi connectivity index (χ3v) is 6.00. The number of nitrogens with one attached hydrogen (secondary N) is 1. The van der Waals surface area contributed by atoms with E-state index < -0.39 is 10.3 Å². The van der Waals surface area contributed by atoms with Gasteiger partial charge in [0.05, 0.1) is 23.4 Å². The summed E-state index contributed by atoms with van der Waals surface area (Å²) in [5, 5.41) is 13.9. The van der Waals surface area contributed by atoms with Crippen LogP contribution in [0.5, 0.6) is 0 Å². The molecule has 1 N–H and O–H groups in total. The molecule has 2 aliphatic rings. The normalized spacial score (nSPS) is 22.5. The minimum Gasteiger partial charge on any atom is -0.465 e. The lowest BCUT2D eigenvalue weighted by molar-refractivity contribution is -0.385. The molecule has 1 saturated heterocycles. The quantitative estimate of drug-likeness (QED) is 0.340. The van der Waals surface area contributed by atoms with Crippen molar-refractivity contribution in [3.8, 4) is 0 Å². The summed E-state index contributed by atoms with van der Waals surface area (Å²) >= 11 is 0. The summed E-state index contributed by atoms with van der Waals surface area (Å²) in [5.41, 5.74) is 2.46. The van der Waals surface area contributed by atoms with E-state index in [-0.39, 0.29) is 29.9 Å². The molecule has 30 heavy (non-hydrogen) atoms.